The zero-order chi connectivity index (χ0) is 13.1. The molecule has 94 valence electrons. The summed E-state index contributed by atoms with van der Waals surface area (Å²) < 4.78 is 13.3. The lowest BCUT2D eigenvalue weighted by Gasteiger charge is -2.21. The molecule has 0 saturated carbocycles. The largest absolute Gasteiger partial charge is 0.369 e. The van der Waals surface area contributed by atoms with Gasteiger partial charge in [0.2, 0.25) is 11.9 Å². The van der Waals surface area contributed by atoms with Crippen molar-refractivity contribution in [1.82, 2.24) is 9.97 Å². The van der Waals surface area contributed by atoms with Gasteiger partial charge in [-0.2, -0.15) is 4.98 Å². The van der Waals surface area contributed by atoms with Crippen LogP contribution in [0.4, 0.5) is 16.2 Å². The number of nitrogens with one attached hydrogen (secondary N) is 2. The Balaban J connectivity index is 2.78. The van der Waals surface area contributed by atoms with E-state index in [4.69, 9.17) is 11.6 Å². The van der Waals surface area contributed by atoms with Gasteiger partial charge in [-0.3, -0.25) is 10.2 Å². The number of hydrogen-bond acceptors (Lipinski definition) is 6. The number of rotatable bonds is 5. The first-order valence-corrected chi connectivity index (χ1v) is 4.90. The molecule has 0 aliphatic heterocycles. The van der Waals surface area contributed by atoms with Crippen LogP contribution in [0.25, 0.3) is 0 Å². The number of carbonyl (C=O) groups is 1. The molecule has 0 aliphatic carbocycles. The van der Waals surface area contributed by atoms with Gasteiger partial charge in [0.25, 0.3) is 0 Å². The summed E-state index contributed by atoms with van der Waals surface area (Å²) in [5.41, 5.74) is 6.57. The highest BCUT2D eigenvalue weighted by molar-refractivity contribution is 5.80. The van der Waals surface area contributed by atoms with Crippen molar-refractivity contribution in [3.63, 3.8) is 0 Å². The normalized spacial score (nSPS) is 11.1. The van der Waals surface area contributed by atoms with Crippen molar-refractivity contribution in [3.05, 3.63) is 12.0 Å². The van der Waals surface area contributed by atoms with Crippen LogP contribution in [0.5, 0.6) is 0 Å². The summed E-state index contributed by atoms with van der Waals surface area (Å²) in [6, 6.07) is 0. The second kappa shape index (κ2) is 4.91. The Kier molecular flexibility index (Phi) is 3.79. The summed E-state index contributed by atoms with van der Waals surface area (Å²) in [6.45, 7) is 3.44. The fourth-order valence-corrected chi connectivity index (χ4v) is 0.952. The van der Waals surface area contributed by atoms with Gasteiger partial charge in [0.1, 0.15) is 0 Å². The van der Waals surface area contributed by atoms with Gasteiger partial charge in [-0.1, -0.05) is 0 Å². The first-order chi connectivity index (χ1) is 7.86. The molecule has 0 spiro atoms. The highest BCUT2D eigenvalue weighted by atomic mass is 19.1. The second-order valence-electron chi connectivity index (χ2n) is 4.14. The van der Waals surface area contributed by atoms with Crippen LogP contribution in [0.1, 0.15) is 13.8 Å². The summed E-state index contributed by atoms with van der Waals surface area (Å²) in [5.74, 6) is 4.01. The van der Waals surface area contributed by atoms with Crippen molar-refractivity contribution >= 4 is 17.7 Å². The van der Waals surface area contributed by atoms with Gasteiger partial charge in [0, 0.05) is 6.54 Å². The number of carbonyl (C=O) groups excluding carboxylic acids is 1. The quantitative estimate of drug-likeness (QED) is 0.420. The smallest absolute Gasteiger partial charge is 0.239 e. The molecule has 0 atom stereocenters. The third-order valence-corrected chi connectivity index (χ3v) is 2.24. The van der Waals surface area contributed by atoms with Crippen LogP contribution >= 0.6 is 0 Å². The molecule has 1 aromatic rings. The van der Waals surface area contributed by atoms with E-state index in [9.17, 15) is 9.18 Å². The molecule has 0 aliphatic rings. The van der Waals surface area contributed by atoms with Gasteiger partial charge < -0.3 is 11.1 Å². The van der Waals surface area contributed by atoms with Crippen LogP contribution in [-0.4, -0.2) is 22.4 Å². The third kappa shape index (κ3) is 3.25. The van der Waals surface area contributed by atoms with Gasteiger partial charge in [-0.05, 0) is 13.8 Å². The standard InChI is InChI=1S/C9H15FN6O/c1-9(2,7(11)17)4-14-6-5(10)3-13-8(15-6)16-12/h3H,4,12H2,1-2H3,(H2,11,17)(H2,13,14,15,16). The lowest BCUT2D eigenvalue weighted by atomic mass is 9.93. The van der Waals surface area contributed by atoms with Crippen LogP contribution in [-0.2, 0) is 4.79 Å². The Morgan fingerprint density at radius 3 is 2.76 bits per heavy atom. The SMILES string of the molecule is CC(C)(CNc1nc(NN)ncc1F)C(N)=O. The van der Waals surface area contributed by atoms with Crippen LogP contribution in [0.15, 0.2) is 6.20 Å². The van der Waals surface area contributed by atoms with E-state index < -0.39 is 17.1 Å². The van der Waals surface area contributed by atoms with Gasteiger partial charge in [0.15, 0.2) is 11.6 Å². The van der Waals surface area contributed by atoms with Gasteiger partial charge in [-0.15, -0.1) is 0 Å². The number of halogens is 1. The number of amides is 1. The molecule has 1 aromatic heterocycles. The molecule has 0 saturated heterocycles. The number of aromatic nitrogens is 2. The van der Waals surface area contributed by atoms with Crippen LogP contribution in [0, 0.1) is 11.2 Å². The van der Waals surface area contributed by atoms with E-state index in [-0.39, 0.29) is 18.3 Å². The number of hydrogen-bond donors (Lipinski definition) is 4. The number of anilines is 2. The molecular weight excluding hydrogens is 227 g/mol. The Hall–Kier alpha value is -1.96. The van der Waals surface area contributed by atoms with E-state index in [1.807, 2.05) is 0 Å². The van der Waals surface area contributed by atoms with Crippen molar-refractivity contribution in [2.24, 2.45) is 17.0 Å². The number of primary amides is 1. The summed E-state index contributed by atoms with van der Waals surface area (Å²) in [5, 5.41) is 2.69. The fourth-order valence-electron chi connectivity index (χ4n) is 0.952. The van der Waals surface area contributed by atoms with Crippen molar-refractivity contribution in [1.29, 1.82) is 0 Å². The second-order valence-corrected chi connectivity index (χ2v) is 4.14. The summed E-state index contributed by atoms with van der Waals surface area (Å²) in [7, 11) is 0. The van der Waals surface area contributed by atoms with Crippen LogP contribution in [0.2, 0.25) is 0 Å². The van der Waals surface area contributed by atoms with Crippen molar-refractivity contribution in [3.8, 4) is 0 Å². The number of nitrogens with two attached hydrogens (primary N) is 2. The monoisotopic (exact) mass is 242 g/mol. The first-order valence-electron chi connectivity index (χ1n) is 4.90. The summed E-state index contributed by atoms with van der Waals surface area (Å²) in [4.78, 5) is 18.4. The zero-order valence-corrected chi connectivity index (χ0v) is 9.62. The van der Waals surface area contributed by atoms with E-state index in [1.54, 1.807) is 13.8 Å². The molecule has 0 unspecified atom stereocenters. The predicted octanol–water partition coefficient (Wildman–Crippen LogP) is -0.175. The maximum Gasteiger partial charge on any atom is 0.239 e. The fraction of sp³-hybridized carbons (Fsp3) is 0.444. The maximum absolute atomic E-state index is 13.3. The topological polar surface area (TPSA) is 119 Å². The Morgan fingerprint density at radius 2 is 2.24 bits per heavy atom. The van der Waals surface area contributed by atoms with E-state index in [1.165, 1.54) is 0 Å². The molecule has 0 fully saturated rings. The lowest BCUT2D eigenvalue weighted by Crippen LogP contribution is -2.37. The Bertz CT molecular complexity index is 422. The van der Waals surface area contributed by atoms with Crippen LogP contribution < -0.4 is 22.3 Å². The third-order valence-electron chi connectivity index (χ3n) is 2.24. The highest BCUT2D eigenvalue weighted by Gasteiger charge is 2.25. The minimum atomic E-state index is -0.812. The minimum absolute atomic E-state index is 0.0396. The molecule has 8 heteroatoms. The van der Waals surface area contributed by atoms with Gasteiger partial charge in [0.05, 0.1) is 11.6 Å². The molecule has 7 nitrogen and oxygen atoms in total. The molecule has 1 rings (SSSR count). The molecule has 0 radical (unpaired) electrons. The van der Waals surface area contributed by atoms with Crippen LogP contribution in [0.3, 0.4) is 0 Å². The van der Waals surface area contributed by atoms with Gasteiger partial charge >= 0.3 is 0 Å². The zero-order valence-electron chi connectivity index (χ0n) is 9.62. The van der Waals surface area contributed by atoms with E-state index in [2.05, 4.69) is 20.7 Å². The number of hydrazine groups is 1. The van der Waals surface area contributed by atoms with Crippen molar-refractivity contribution in [2.45, 2.75) is 13.8 Å². The summed E-state index contributed by atoms with van der Waals surface area (Å²) >= 11 is 0. The molecular formula is C9H15FN6O. The molecule has 1 amide bonds. The van der Waals surface area contributed by atoms with Crippen molar-refractivity contribution in [2.75, 3.05) is 17.3 Å². The number of nitrogen functional groups attached to an aromatic ring is 1. The number of nitrogens with zero attached hydrogens (tertiary/aromatic N) is 2. The lowest BCUT2D eigenvalue weighted by molar-refractivity contribution is -0.125. The maximum atomic E-state index is 13.3. The van der Waals surface area contributed by atoms with Crippen molar-refractivity contribution < 1.29 is 9.18 Å². The average molecular weight is 242 g/mol. The predicted molar refractivity (Wildman–Crippen MR) is 61.3 cm³/mol. The molecule has 17 heavy (non-hydrogen) atoms. The molecule has 0 bridgehead atoms. The average Bonchev–Trinajstić information content (AvgIpc) is 2.28. The molecule has 1 heterocycles. The molecule has 6 N–H and O–H groups in total. The Morgan fingerprint density at radius 1 is 1.59 bits per heavy atom. The van der Waals surface area contributed by atoms with Gasteiger partial charge in [-0.25, -0.2) is 15.2 Å². The molecule has 0 aromatic carbocycles. The van der Waals surface area contributed by atoms with E-state index in [0.29, 0.717) is 0 Å². The highest BCUT2D eigenvalue weighted by Crippen LogP contribution is 2.17. The first kappa shape index (κ1) is 13.1. The Labute approximate surface area is 97.8 Å². The van der Waals surface area contributed by atoms with E-state index in [0.717, 1.165) is 6.20 Å². The van der Waals surface area contributed by atoms with E-state index >= 15 is 0 Å². The summed E-state index contributed by atoms with van der Waals surface area (Å²) in [6.07, 6.45) is 0.974. The minimum Gasteiger partial charge on any atom is -0.369 e.